The quantitative estimate of drug-likeness (QED) is 0.406. The third-order valence-electron chi connectivity index (χ3n) is 6.66. The van der Waals surface area contributed by atoms with Crippen LogP contribution >= 0.6 is 0 Å². The Bertz CT molecular complexity index is 1460. The van der Waals surface area contributed by atoms with Crippen molar-refractivity contribution in [2.24, 2.45) is 5.92 Å². The Balaban J connectivity index is 1.16. The second-order valence-corrected chi connectivity index (χ2v) is 9.07. The molecule has 0 radical (unpaired) electrons. The number of H-pyrrole nitrogens is 1. The Hall–Kier alpha value is -4.01. The summed E-state index contributed by atoms with van der Waals surface area (Å²) >= 11 is 0. The summed E-state index contributed by atoms with van der Waals surface area (Å²) in [6.07, 6.45) is 13.8. The van der Waals surface area contributed by atoms with Crippen molar-refractivity contribution in [3.05, 3.63) is 66.4 Å². The number of aromatic amines is 1. The first-order chi connectivity index (χ1) is 16.7. The van der Waals surface area contributed by atoms with E-state index in [1.807, 2.05) is 53.3 Å². The second-order valence-electron chi connectivity index (χ2n) is 9.07. The van der Waals surface area contributed by atoms with Gasteiger partial charge in [-0.15, -0.1) is 5.10 Å². The number of carbonyl (C=O) groups excluding carboxylic acids is 1. The minimum absolute atomic E-state index is 0.0305. The summed E-state index contributed by atoms with van der Waals surface area (Å²) < 4.78 is 3.67. The first-order valence-electron chi connectivity index (χ1n) is 11.8. The molecule has 5 aromatic rings. The number of carbonyl (C=O) groups is 1. The fraction of sp³-hybridized carbons (Fsp3) is 0.320. The van der Waals surface area contributed by atoms with Gasteiger partial charge in [0.25, 0.3) is 5.91 Å². The van der Waals surface area contributed by atoms with E-state index >= 15 is 0 Å². The fourth-order valence-corrected chi connectivity index (χ4v) is 4.84. The van der Waals surface area contributed by atoms with E-state index in [0.29, 0.717) is 18.0 Å². The fourth-order valence-electron chi connectivity index (χ4n) is 4.84. The number of fused-ring (bicyclic) bond motifs is 2. The number of rotatable bonds is 6. The number of aromatic nitrogens is 7. The monoisotopic (exact) mass is 454 g/mol. The molecule has 1 aliphatic rings. The maximum atomic E-state index is 12.7. The summed E-state index contributed by atoms with van der Waals surface area (Å²) in [5, 5.41) is 19.9. The van der Waals surface area contributed by atoms with Crippen molar-refractivity contribution < 1.29 is 4.79 Å². The van der Waals surface area contributed by atoms with Crippen molar-refractivity contribution in [3.63, 3.8) is 0 Å². The Labute approximate surface area is 196 Å². The first-order valence-corrected chi connectivity index (χ1v) is 11.8. The topological polar surface area (TPSA) is 106 Å². The highest BCUT2D eigenvalue weighted by molar-refractivity contribution is 5.94. The molecule has 0 bridgehead atoms. The molecule has 0 aliphatic heterocycles. The smallest absolute Gasteiger partial charge is 0.252 e. The van der Waals surface area contributed by atoms with Gasteiger partial charge in [-0.3, -0.25) is 9.89 Å². The number of pyridine rings is 1. The number of nitrogens with zero attached hydrogens (tertiary/aromatic N) is 6. The number of hydrogen-bond acceptors (Lipinski definition) is 5. The van der Waals surface area contributed by atoms with Gasteiger partial charge in [-0.1, -0.05) is 36.6 Å². The van der Waals surface area contributed by atoms with Crippen molar-refractivity contribution >= 4 is 22.5 Å². The zero-order valence-corrected chi connectivity index (χ0v) is 18.8. The van der Waals surface area contributed by atoms with E-state index in [1.54, 1.807) is 10.9 Å². The van der Waals surface area contributed by atoms with Crippen LogP contribution in [-0.2, 0) is 6.54 Å². The van der Waals surface area contributed by atoms with Gasteiger partial charge in [0, 0.05) is 29.9 Å². The summed E-state index contributed by atoms with van der Waals surface area (Å²) in [6.45, 7) is 1.24. The van der Waals surface area contributed by atoms with Crippen LogP contribution in [-0.4, -0.2) is 47.0 Å². The van der Waals surface area contributed by atoms with Gasteiger partial charge in [0.2, 0.25) is 0 Å². The zero-order valence-electron chi connectivity index (χ0n) is 18.8. The number of amides is 1. The van der Waals surface area contributed by atoms with Gasteiger partial charge in [-0.05, 0) is 37.0 Å². The minimum atomic E-state index is -0.0305. The molecule has 0 atom stereocenters. The van der Waals surface area contributed by atoms with Gasteiger partial charge >= 0.3 is 0 Å². The molecule has 0 unspecified atom stereocenters. The largest absolute Gasteiger partial charge is 0.352 e. The molecule has 9 nitrogen and oxygen atoms in total. The van der Waals surface area contributed by atoms with Gasteiger partial charge in [0.05, 0.1) is 35.7 Å². The number of imidazole rings is 1. The lowest BCUT2D eigenvalue weighted by Crippen LogP contribution is -2.30. The molecule has 1 saturated carbocycles. The normalized spacial score (nSPS) is 14.7. The van der Waals surface area contributed by atoms with E-state index in [-0.39, 0.29) is 5.91 Å². The summed E-state index contributed by atoms with van der Waals surface area (Å²) in [5.74, 6) is 0.575. The van der Waals surface area contributed by atoms with Crippen LogP contribution < -0.4 is 5.32 Å². The predicted octanol–water partition coefficient (Wildman–Crippen LogP) is 3.83. The summed E-state index contributed by atoms with van der Waals surface area (Å²) in [4.78, 5) is 17.3. The van der Waals surface area contributed by atoms with Crippen molar-refractivity contribution in [1.82, 2.24) is 39.9 Å². The molecule has 1 amide bonds. The molecule has 2 N–H and O–H groups in total. The lowest BCUT2D eigenvalue weighted by Gasteiger charge is -2.21. The molecule has 172 valence electrons. The van der Waals surface area contributed by atoms with Crippen LogP contribution in [0.5, 0.6) is 0 Å². The second kappa shape index (κ2) is 8.74. The Morgan fingerprint density at radius 2 is 2.00 bits per heavy atom. The SMILES string of the molecule is O=C(NCC1CCCCC1)c1ccc2nc(Cn3cc(-c4cccc5[nH]ncc45)nn3)cn2c1. The molecular weight excluding hydrogens is 428 g/mol. The van der Waals surface area contributed by atoms with Crippen LogP contribution in [0.4, 0.5) is 0 Å². The third-order valence-corrected chi connectivity index (χ3v) is 6.66. The number of nitrogens with one attached hydrogen (secondary N) is 2. The Morgan fingerprint density at radius 3 is 2.91 bits per heavy atom. The van der Waals surface area contributed by atoms with Crippen molar-refractivity contribution in [3.8, 4) is 11.3 Å². The van der Waals surface area contributed by atoms with Crippen LogP contribution in [0.1, 0.15) is 48.2 Å². The molecule has 6 rings (SSSR count). The highest BCUT2D eigenvalue weighted by Gasteiger charge is 2.16. The van der Waals surface area contributed by atoms with Gasteiger partial charge in [0.15, 0.2) is 0 Å². The molecule has 34 heavy (non-hydrogen) atoms. The standard InChI is InChI=1S/C25H26N8O/c34-25(26-11-17-5-2-1-3-6-17)18-9-10-24-28-19(14-32(24)13-18)15-33-16-23(30-31-33)20-7-4-8-22-21(20)12-27-29-22/h4,7-10,12-14,16-17H,1-3,5-6,11,15H2,(H,26,34)(H,27,29). The lowest BCUT2D eigenvalue weighted by molar-refractivity contribution is 0.0943. The maximum Gasteiger partial charge on any atom is 0.252 e. The van der Waals surface area contributed by atoms with E-state index in [9.17, 15) is 4.79 Å². The van der Waals surface area contributed by atoms with Gasteiger partial charge in [0.1, 0.15) is 11.3 Å². The zero-order chi connectivity index (χ0) is 22.9. The average Bonchev–Trinajstić information content (AvgIpc) is 3.62. The van der Waals surface area contributed by atoms with Gasteiger partial charge in [-0.25, -0.2) is 9.67 Å². The lowest BCUT2D eigenvalue weighted by atomic mass is 9.89. The summed E-state index contributed by atoms with van der Waals surface area (Å²) in [7, 11) is 0. The molecule has 4 aromatic heterocycles. The Morgan fingerprint density at radius 1 is 1.09 bits per heavy atom. The highest BCUT2D eigenvalue weighted by Crippen LogP contribution is 2.26. The van der Waals surface area contributed by atoms with Gasteiger partial charge in [-0.2, -0.15) is 5.10 Å². The van der Waals surface area contributed by atoms with E-state index in [4.69, 9.17) is 0 Å². The number of hydrogen-bond donors (Lipinski definition) is 2. The molecular formula is C25H26N8O. The van der Waals surface area contributed by atoms with Crippen LogP contribution in [0, 0.1) is 5.92 Å². The first kappa shape index (κ1) is 20.6. The summed E-state index contributed by atoms with van der Waals surface area (Å²) in [6, 6.07) is 9.68. The third kappa shape index (κ3) is 4.05. The molecule has 9 heteroatoms. The average molecular weight is 455 g/mol. The summed E-state index contributed by atoms with van der Waals surface area (Å²) in [5.41, 5.74) is 5.01. The molecule has 1 aromatic carbocycles. The number of benzene rings is 1. The van der Waals surface area contributed by atoms with E-state index < -0.39 is 0 Å². The van der Waals surface area contributed by atoms with Crippen molar-refractivity contribution in [1.29, 1.82) is 0 Å². The molecule has 1 aliphatic carbocycles. The van der Waals surface area contributed by atoms with Gasteiger partial charge < -0.3 is 9.72 Å². The van der Waals surface area contributed by atoms with E-state index in [2.05, 4.69) is 30.8 Å². The minimum Gasteiger partial charge on any atom is -0.352 e. The highest BCUT2D eigenvalue weighted by atomic mass is 16.1. The molecule has 0 saturated heterocycles. The van der Waals surface area contributed by atoms with Crippen LogP contribution in [0.3, 0.4) is 0 Å². The van der Waals surface area contributed by atoms with Crippen LogP contribution in [0.15, 0.2) is 55.1 Å². The molecule has 0 spiro atoms. The van der Waals surface area contributed by atoms with E-state index in [0.717, 1.165) is 40.0 Å². The van der Waals surface area contributed by atoms with Crippen molar-refractivity contribution in [2.45, 2.75) is 38.6 Å². The van der Waals surface area contributed by atoms with E-state index in [1.165, 1.54) is 32.1 Å². The Kier molecular flexibility index (Phi) is 5.29. The van der Waals surface area contributed by atoms with Crippen LogP contribution in [0.2, 0.25) is 0 Å². The maximum absolute atomic E-state index is 12.7. The van der Waals surface area contributed by atoms with Crippen LogP contribution in [0.25, 0.3) is 27.8 Å². The van der Waals surface area contributed by atoms with Crippen molar-refractivity contribution in [2.75, 3.05) is 6.54 Å². The molecule has 1 fully saturated rings. The predicted molar refractivity (Wildman–Crippen MR) is 128 cm³/mol. The molecule has 4 heterocycles.